The Morgan fingerprint density at radius 3 is 2.84 bits per heavy atom. The fourth-order valence-electron chi connectivity index (χ4n) is 6.20. The number of methoxy groups -OCH3 is 1. The highest BCUT2D eigenvalue weighted by Gasteiger charge is 2.29. The summed E-state index contributed by atoms with van der Waals surface area (Å²) in [5.74, 6) is 0.755. The minimum Gasteiger partial charge on any atom is -0.495 e. The summed E-state index contributed by atoms with van der Waals surface area (Å²) < 4.78 is 9.75. The lowest BCUT2D eigenvalue weighted by molar-refractivity contribution is -0.115. The molecule has 1 aliphatic rings. The van der Waals surface area contributed by atoms with E-state index in [4.69, 9.17) is 15.6 Å². The van der Waals surface area contributed by atoms with Crippen LogP contribution in [0.4, 0.5) is 11.5 Å². The van der Waals surface area contributed by atoms with Gasteiger partial charge in [0.15, 0.2) is 5.65 Å². The van der Waals surface area contributed by atoms with Gasteiger partial charge in [0.1, 0.15) is 23.6 Å². The number of aromatic nitrogens is 7. The van der Waals surface area contributed by atoms with Gasteiger partial charge in [0.05, 0.1) is 36.8 Å². The topological polar surface area (TPSA) is 145 Å². The predicted octanol–water partition coefficient (Wildman–Crippen LogP) is 4.24. The van der Waals surface area contributed by atoms with Crippen molar-refractivity contribution < 1.29 is 9.53 Å². The van der Waals surface area contributed by atoms with Crippen LogP contribution in [0.2, 0.25) is 0 Å². The molecule has 12 nitrogen and oxygen atoms in total. The molecule has 44 heavy (non-hydrogen) atoms. The highest BCUT2D eigenvalue weighted by atomic mass is 16.5. The molecule has 4 aromatic heterocycles. The second-order valence-corrected chi connectivity index (χ2v) is 11.3. The summed E-state index contributed by atoms with van der Waals surface area (Å²) in [6.07, 6.45) is 4.54. The number of nitrogens with zero attached hydrogens (tertiary/aromatic N) is 7. The molecular weight excluding hydrogens is 556 g/mol. The lowest BCUT2D eigenvalue weighted by Crippen LogP contribution is -2.22. The van der Waals surface area contributed by atoms with Crippen LogP contribution in [-0.4, -0.2) is 65.5 Å². The third-order valence-electron chi connectivity index (χ3n) is 8.58. The van der Waals surface area contributed by atoms with Crippen LogP contribution in [0.1, 0.15) is 29.4 Å². The van der Waals surface area contributed by atoms with E-state index in [0.29, 0.717) is 34.0 Å². The number of nitrogens with one attached hydrogen (secondary N) is 2. The Labute approximate surface area is 253 Å². The molecule has 1 unspecified atom stereocenters. The number of nitrogen functional groups attached to an aromatic ring is 1. The third kappa shape index (κ3) is 4.92. The second-order valence-electron chi connectivity index (χ2n) is 11.3. The van der Waals surface area contributed by atoms with Crippen LogP contribution >= 0.6 is 0 Å². The van der Waals surface area contributed by atoms with E-state index in [2.05, 4.69) is 30.4 Å². The Bertz CT molecular complexity index is 2010. The van der Waals surface area contributed by atoms with Gasteiger partial charge in [-0.1, -0.05) is 24.3 Å². The maximum atomic E-state index is 13.1. The number of rotatable bonds is 8. The maximum Gasteiger partial charge on any atom is 0.230 e. The van der Waals surface area contributed by atoms with Crippen LogP contribution < -0.4 is 15.8 Å². The average molecular weight is 591 g/mol. The molecule has 12 heteroatoms. The van der Waals surface area contributed by atoms with E-state index in [-0.39, 0.29) is 18.4 Å². The first-order valence-electron chi connectivity index (χ1n) is 14.6. The molecule has 5 heterocycles. The summed E-state index contributed by atoms with van der Waals surface area (Å²) in [6.45, 7) is 4.63. The smallest absolute Gasteiger partial charge is 0.230 e. The van der Waals surface area contributed by atoms with Gasteiger partial charge in [0.2, 0.25) is 5.91 Å². The van der Waals surface area contributed by atoms with Crippen molar-refractivity contribution in [1.82, 2.24) is 39.4 Å². The van der Waals surface area contributed by atoms with Crippen LogP contribution in [0.5, 0.6) is 5.75 Å². The lowest BCUT2D eigenvalue weighted by atomic mass is 10.1. The Hall–Kier alpha value is -5.23. The van der Waals surface area contributed by atoms with E-state index in [9.17, 15) is 4.79 Å². The van der Waals surface area contributed by atoms with Gasteiger partial charge >= 0.3 is 0 Å². The number of ether oxygens (including phenoxy) is 1. The second kappa shape index (κ2) is 11.1. The minimum absolute atomic E-state index is 0.127. The Balaban J connectivity index is 1.15. The molecule has 1 fully saturated rings. The number of H-pyrrole nitrogens is 1. The molecule has 1 saturated heterocycles. The van der Waals surface area contributed by atoms with Crippen molar-refractivity contribution in [2.75, 3.05) is 31.2 Å². The van der Waals surface area contributed by atoms with Crippen molar-refractivity contribution in [3.63, 3.8) is 0 Å². The first kappa shape index (κ1) is 27.6. The molecule has 0 radical (unpaired) electrons. The van der Waals surface area contributed by atoms with Crippen LogP contribution in [0.15, 0.2) is 61.1 Å². The highest BCUT2D eigenvalue weighted by Crippen LogP contribution is 2.37. The van der Waals surface area contributed by atoms with E-state index in [1.54, 1.807) is 7.11 Å². The number of benzene rings is 2. The number of anilines is 2. The number of nitrogens with two attached hydrogens (primary N) is 1. The first-order valence-corrected chi connectivity index (χ1v) is 14.6. The summed E-state index contributed by atoms with van der Waals surface area (Å²) >= 11 is 0. The number of carbonyl (C=O) groups is 1. The molecule has 1 atom stereocenters. The SMILES string of the molecule is COc1cc(-c2nn(C3CCN(Cc4cn[nH]c4C)C3)c3ncnc(N)c23)ccc1NC(=O)Cc1cc2ccccc2n1C. The average Bonchev–Trinajstić information content (AvgIpc) is 3.81. The fourth-order valence-corrected chi connectivity index (χ4v) is 6.20. The van der Waals surface area contributed by atoms with E-state index >= 15 is 0 Å². The molecule has 1 aliphatic heterocycles. The summed E-state index contributed by atoms with van der Waals surface area (Å²) in [5, 5.41) is 17.1. The molecular formula is C32H34N10O2. The summed E-state index contributed by atoms with van der Waals surface area (Å²) in [6, 6.07) is 15.9. The standard InChI is InChI=1S/C32H34N10O2/c1-19-22(15-36-38-19)16-41-11-10-23(17-41)42-32-29(31(33)34-18-35-32)30(39-42)21-8-9-25(27(13-21)44-3)37-28(43)14-24-12-20-6-4-5-7-26(20)40(24)2/h4-9,12-13,15,18,23H,10-11,14,16-17H2,1-3H3,(H,36,38)(H,37,43)(H2,33,34,35). The quantitative estimate of drug-likeness (QED) is 0.239. The molecule has 1 amide bonds. The van der Waals surface area contributed by atoms with E-state index in [0.717, 1.165) is 53.9 Å². The van der Waals surface area contributed by atoms with Gasteiger partial charge in [-0.25, -0.2) is 14.6 Å². The third-order valence-corrected chi connectivity index (χ3v) is 8.58. The van der Waals surface area contributed by atoms with E-state index < -0.39 is 0 Å². The normalized spacial score (nSPS) is 15.4. The number of aromatic amines is 1. The number of hydrogen-bond donors (Lipinski definition) is 3. The Kier molecular flexibility index (Phi) is 6.97. The van der Waals surface area contributed by atoms with Gasteiger partial charge in [0, 0.05) is 54.7 Å². The number of fused-ring (bicyclic) bond motifs is 2. The van der Waals surface area contributed by atoms with Crippen LogP contribution in [-0.2, 0) is 24.8 Å². The molecule has 224 valence electrons. The van der Waals surface area contributed by atoms with Crippen molar-refractivity contribution in [3.8, 4) is 17.0 Å². The predicted molar refractivity (Wildman–Crippen MR) is 169 cm³/mol. The number of carbonyl (C=O) groups excluding carboxylic acids is 1. The maximum absolute atomic E-state index is 13.1. The zero-order valence-corrected chi connectivity index (χ0v) is 24.9. The first-order chi connectivity index (χ1) is 21.4. The Morgan fingerprint density at radius 1 is 1.18 bits per heavy atom. The van der Waals surface area contributed by atoms with Crippen molar-refractivity contribution in [3.05, 3.63) is 78.0 Å². The minimum atomic E-state index is -0.134. The van der Waals surface area contributed by atoms with Crippen LogP contribution in [0.25, 0.3) is 33.2 Å². The molecule has 0 saturated carbocycles. The molecule has 7 rings (SSSR count). The molecule has 0 spiro atoms. The van der Waals surface area contributed by atoms with Gasteiger partial charge in [-0.2, -0.15) is 10.2 Å². The van der Waals surface area contributed by atoms with Gasteiger partial charge in [-0.15, -0.1) is 0 Å². The van der Waals surface area contributed by atoms with Gasteiger partial charge in [-0.05, 0) is 43.0 Å². The number of para-hydroxylation sites is 1. The van der Waals surface area contributed by atoms with Crippen molar-refractivity contribution >= 4 is 39.3 Å². The zero-order chi connectivity index (χ0) is 30.4. The van der Waals surface area contributed by atoms with Gasteiger partial charge < -0.3 is 20.4 Å². The number of amides is 1. The number of likely N-dealkylation sites (tertiary alicyclic amines) is 1. The summed E-state index contributed by atoms with van der Waals surface area (Å²) in [7, 11) is 3.56. The van der Waals surface area contributed by atoms with Gasteiger partial charge in [0.25, 0.3) is 0 Å². The lowest BCUT2D eigenvalue weighted by Gasteiger charge is -2.16. The van der Waals surface area contributed by atoms with Crippen molar-refractivity contribution in [2.45, 2.75) is 32.4 Å². The van der Waals surface area contributed by atoms with Crippen molar-refractivity contribution in [2.24, 2.45) is 7.05 Å². The number of aryl methyl sites for hydroxylation is 2. The Morgan fingerprint density at radius 2 is 2.05 bits per heavy atom. The van der Waals surface area contributed by atoms with E-state index in [1.165, 1.54) is 11.9 Å². The van der Waals surface area contributed by atoms with E-state index in [1.807, 2.05) is 77.9 Å². The molecule has 0 aliphatic carbocycles. The fraction of sp³-hybridized carbons (Fsp3) is 0.281. The monoisotopic (exact) mass is 590 g/mol. The largest absolute Gasteiger partial charge is 0.495 e. The van der Waals surface area contributed by atoms with Gasteiger partial charge in [-0.3, -0.25) is 14.8 Å². The summed E-state index contributed by atoms with van der Waals surface area (Å²) in [5.41, 5.74) is 13.4. The molecule has 0 bridgehead atoms. The summed E-state index contributed by atoms with van der Waals surface area (Å²) in [4.78, 5) is 24.4. The van der Waals surface area contributed by atoms with Crippen LogP contribution in [0, 0.1) is 6.92 Å². The highest BCUT2D eigenvalue weighted by molar-refractivity contribution is 6.00. The van der Waals surface area contributed by atoms with Crippen molar-refractivity contribution in [1.29, 1.82) is 0 Å². The zero-order valence-electron chi connectivity index (χ0n) is 24.9. The molecule has 6 aromatic rings. The number of hydrogen-bond acceptors (Lipinski definition) is 8. The molecule has 2 aromatic carbocycles. The molecule has 4 N–H and O–H groups in total. The van der Waals surface area contributed by atoms with Crippen LogP contribution in [0.3, 0.4) is 0 Å².